The number of hydrogen-bond donors (Lipinski definition) is 2. The van der Waals surface area contributed by atoms with E-state index in [1.165, 1.54) is 25.0 Å². The van der Waals surface area contributed by atoms with Gasteiger partial charge in [0.05, 0.1) is 0 Å². The molecule has 2 rings (SSSR count). The number of carbonyl (C=O) groups excluding carboxylic acids is 1. The molecular formula is C18H29ClFN3O. The highest BCUT2D eigenvalue weighted by Gasteiger charge is 2.24. The van der Waals surface area contributed by atoms with Gasteiger partial charge < -0.3 is 11.1 Å². The summed E-state index contributed by atoms with van der Waals surface area (Å²) >= 11 is 0. The van der Waals surface area contributed by atoms with Gasteiger partial charge in [0.1, 0.15) is 5.82 Å². The molecular weight excluding hydrogens is 329 g/mol. The Morgan fingerprint density at radius 1 is 1.38 bits per heavy atom. The summed E-state index contributed by atoms with van der Waals surface area (Å²) in [7, 11) is 0. The first-order valence-corrected chi connectivity index (χ1v) is 8.56. The molecule has 1 saturated heterocycles. The van der Waals surface area contributed by atoms with Gasteiger partial charge in [0, 0.05) is 32.1 Å². The van der Waals surface area contributed by atoms with Crippen LogP contribution in [0.3, 0.4) is 0 Å². The van der Waals surface area contributed by atoms with Gasteiger partial charge in [-0.3, -0.25) is 9.69 Å². The molecule has 1 fully saturated rings. The Hall–Kier alpha value is -1.17. The zero-order chi connectivity index (χ0) is 16.7. The van der Waals surface area contributed by atoms with Crippen LogP contribution < -0.4 is 11.1 Å². The molecule has 4 nitrogen and oxygen atoms in total. The second-order valence-corrected chi connectivity index (χ2v) is 6.44. The third-order valence-electron chi connectivity index (χ3n) is 4.60. The highest BCUT2D eigenvalue weighted by Crippen LogP contribution is 2.22. The molecule has 1 heterocycles. The van der Waals surface area contributed by atoms with Gasteiger partial charge in [0.2, 0.25) is 5.91 Å². The minimum absolute atomic E-state index is 0. The fraction of sp³-hybridized carbons (Fsp3) is 0.611. The Kier molecular flexibility index (Phi) is 9.26. The van der Waals surface area contributed by atoms with Gasteiger partial charge in [-0.15, -0.1) is 12.4 Å². The average molecular weight is 358 g/mol. The van der Waals surface area contributed by atoms with Crippen LogP contribution in [0.25, 0.3) is 0 Å². The lowest BCUT2D eigenvalue weighted by atomic mass is 9.96. The van der Waals surface area contributed by atoms with E-state index in [4.69, 9.17) is 5.73 Å². The van der Waals surface area contributed by atoms with Gasteiger partial charge in [-0.25, -0.2) is 4.39 Å². The molecule has 136 valence electrons. The third-order valence-corrected chi connectivity index (χ3v) is 4.60. The molecule has 24 heavy (non-hydrogen) atoms. The normalized spacial score (nSPS) is 19.4. The molecule has 0 aliphatic carbocycles. The number of amides is 1. The summed E-state index contributed by atoms with van der Waals surface area (Å²) in [6, 6.07) is 7.15. The van der Waals surface area contributed by atoms with E-state index in [2.05, 4.69) is 17.1 Å². The van der Waals surface area contributed by atoms with Gasteiger partial charge in [-0.2, -0.15) is 0 Å². The Bertz CT molecular complexity index is 498. The van der Waals surface area contributed by atoms with Crippen LogP contribution in [0.4, 0.5) is 4.39 Å². The Balaban J connectivity index is 0.00000288. The predicted octanol–water partition coefficient (Wildman–Crippen LogP) is 2.67. The molecule has 3 N–H and O–H groups in total. The van der Waals surface area contributed by atoms with Crippen LogP contribution >= 0.6 is 12.4 Å². The molecule has 1 amide bonds. The summed E-state index contributed by atoms with van der Waals surface area (Å²) in [5.74, 6) is 0.181. The topological polar surface area (TPSA) is 58.4 Å². The van der Waals surface area contributed by atoms with Crippen molar-refractivity contribution in [2.75, 3.05) is 26.2 Å². The first-order chi connectivity index (χ1) is 11.1. The van der Waals surface area contributed by atoms with Crippen LogP contribution in [0.2, 0.25) is 0 Å². The number of piperidine rings is 1. The molecule has 1 aliphatic heterocycles. The summed E-state index contributed by atoms with van der Waals surface area (Å²) < 4.78 is 13.1. The summed E-state index contributed by atoms with van der Waals surface area (Å²) in [6.07, 6.45) is 3.90. The first kappa shape index (κ1) is 20.9. The third kappa shape index (κ3) is 6.38. The summed E-state index contributed by atoms with van der Waals surface area (Å²) in [6.45, 7) is 5.24. The van der Waals surface area contributed by atoms with Crippen LogP contribution in [0, 0.1) is 5.82 Å². The van der Waals surface area contributed by atoms with E-state index in [1.54, 1.807) is 0 Å². The maximum Gasteiger partial charge on any atom is 0.221 e. The van der Waals surface area contributed by atoms with Crippen LogP contribution in [-0.2, 0) is 4.79 Å². The fourth-order valence-electron chi connectivity index (χ4n) is 3.23. The van der Waals surface area contributed by atoms with Crippen molar-refractivity contribution in [3.63, 3.8) is 0 Å². The molecule has 2 atom stereocenters. The van der Waals surface area contributed by atoms with Gasteiger partial charge in [-0.05, 0) is 43.0 Å². The number of nitrogens with zero attached hydrogens (tertiary/aromatic N) is 1. The van der Waals surface area contributed by atoms with Gasteiger partial charge in [-0.1, -0.05) is 25.5 Å². The van der Waals surface area contributed by atoms with E-state index in [1.807, 2.05) is 12.1 Å². The maximum absolute atomic E-state index is 13.1. The summed E-state index contributed by atoms with van der Waals surface area (Å²) in [4.78, 5) is 14.1. The molecule has 6 heteroatoms. The van der Waals surface area contributed by atoms with E-state index < -0.39 is 0 Å². The molecule has 2 unspecified atom stereocenters. The van der Waals surface area contributed by atoms with Crippen LogP contribution in [-0.4, -0.2) is 43.0 Å². The lowest BCUT2D eigenvalue weighted by molar-refractivity contribution is -0.121. The van der Waals surface area contributed by atoms with E-state index in [0.29, 0.717) is 31.5 Å². The molecule has 1 aliphatic rings. The van der Waals surface area contributed by atoms with Crippen molar-refractivity contribution in [1.82, 2.24) is 10.2 Å². The lowest BCUT2D eigenvalue weighted by Gasteiger charge is -2.37. The van der Waals surface area contributed by atoms with Gasteiger partial charge in [0.25, 0.3) is 0 Å². The molecule has 0 aromatic heterocycles. The number of carbonyl (C=O) groups is 1. The monoisotopic (exact) mass is 357 g/mol. The van der Waals surface area contributed by atoms with E-state index >= 15 is 0 Å². The van der Waals surface area contributed by atoms with E-state index in [-0.39, 0.29) is 24.1 Å². The van der Waals surface area contributed by atoms with Crippen molar-refractivity contribution in [1.29, 1.82) is 0 Å². The minimum Gasteiger partial charge on any atom is -0.354 e. The SMILES string of the molecule is CC(CN1CCCCC1CNC(=O)CCN)c1ccc(F)cc1.Cl. The number of hydrogen-bond acceptors (Lipinski definition) is 3. The number of halogens is 2. The zero-order valence-corrected chi connectivity index (χ0v) is 15.2. The first-order valence-electron chi connectivity index (χ1n) is 8.56. The molecule has 1 aromatic carbocycles. The number of nitrogens with one attached hydrogen (secondary N) is 1. The van der Waals surface area contributed by atoms with Gasteiger partial charge in [0.15, 0.2) is 0 Å². The van der Waals surface area contributed by atoms with Crippen molar-refractivity contribution >= 4 is 18.3 Å². The van der Waals surface area contributed by atoms with Crippen LogP contribution in [0.5, 0.6) is 0 Å². The summed E-state index contributed by atoms with van der Waals surface area (Å²) in [5.41, 5.74) is 6.56. The quantitative estimate of drug-likeness (QED) is 0.788. The van der Waals surface area contributed by atoms with Crippen molar-refractivity contribution in [2.24, 2.45) is 5.73 Å². The van der Waals surface area contributed by atoms with Crippen molar-refractivity contribution in [3.8, 4) is 0 Å². The fourth-order valence-corrected chi connectivity index (χ4v) is 3.23. The predicted molar refractivity (Wildman–Crippen MR) is 98.0 cm³/mol. The highest BCUT2D eigenvalue weighted by molar-refractivity contribution is 5.85. The standard InChI is InChI=1S/C18H28FN3O.ClH/c1-14(15-5-7-16(19)8-6-15)13-22-11-3-2-4-17(22)12-21-18(23)9-10-20;/h5-8,14,17H,2-4,9-13,20H2,1H3,(H,21,23);1H. The van der Waals surface area contributed by atoms with Gasteiger partial charge >= 0.3 is 0 Å². The van der Waals surface area contributed by atoms with Crippen molar-refractivity contribution in [3.05, 3.63) is 35.6 Å². The molecule has 0 saturated carbocycles. The lowest BCUT2D eigenvalue weighted by Crippen LogP contribution is -2.48. The molecule has 1 aromatic rings. The van der Waals surface area contributed by atoms with Crippen molar-refractivity contribution in [2.45, 2.75) is 44.6 Å². The van der Waals surface area contributed by atoms with Crippen molar-refractivity contribution < 1.29 is 9.18 Å². The second kappa shape index (κ2) is 10.6. The number of nitrogens with two attached hydrogens (primary N) is 1. The summed E-state index contributed by atoms with van der Waals surface area (Å²) in [5, 5.41) is 2.99. The highest BCUT2D eigenvalue weighted by atomic mass is 35.5. The Morgan fingerprint density at radius 2 is 2.08 bits per heavy atom. The largest absolute Gasteiger partial charge is 0.354 e. The Morgan fingerprint density at radius 3 is 2.75 bits per heavy atom. The maximum atomic E-state index is 13.1. The molecule has 0 radical (unpaired) electrons. The molecule has 0 spiro atoms. The van der Waals surface area contributed by atoms with Crippen LogP contribution in [0.15, 0.2) is 24.3 Å². The second-order valence-electron chi connectivity index (χ2n) is 6.44. The Labute approximate surface area is 150 Å². The molecule has 0 bridgehead atoms. The minimum atomic E-state index is -0.195. The number of rotatable bonds is 7. The van der Waals surface area contributed by atoms with E-state index in [0.717, 1.165) is 25.1 Å². The van der Waals surface area contributed by atoms with Crippen LogP contribution in [0.1, 0.15) is 44.1 Å². The average Bonchev–Trinajstić information content (AvgIpc) is 2.55. The number of likely N-dealkylation sites (tertiary alicyclic amines) is 1. The smallest absolute Gasteiger partial charge is 0.221 e. The van der Waals surface area contributed by atoms with E-state index in [9.17, 15) is 9.18 Å². The number of benzene rings is 1. The zero-order valence-electron chi connectivity index (χ0n) is 14.3.